The molecule has 56 valence electrons. The van der Waals surface area contributed by atoms with Gasteiger partial charge < -0.3 is 17.8 Å². The monoisotopic (exact) mass is 176 g/mol. The summed E-state index contributed by atoms with van der Waals surface area (Å²) in [5, 5.41) is 16.1. The van der Waals surface area contributed by atoms with Gasteiger partial charge in [0, 0.05) is 0 Å². The van der Waals surface area contributed by atoms with E-state index in [1.165, 1.54) is 0 Å². The molecule has 0 aromatic carbocycles. The number of hydrogen-bond acceptors (Lipinski definition) is 4. The summed E-state index contributed by atoms with van der Waals surface area (Å²) < 4.78 is 3.54. The molecule has 0 amide bonds. The van der Waals surface area contributed by atoms with Gasteiger partial charge in [0.25, 0.3) is 0 Å². The Balaban J connectivity index is -0.000000107. The molecule has 0 aliphatic heterocycles. The Hall–Kier alpha value is 0.160. The van der Waals surface area contributed by atoms with Crippen molar-refractivity contribution >= 4 is 49.9 Å². The first-order valence-electron chi connectivity index (χ1n) is 2.16. The van der Waals surface area contributed by atoms with Gasteiger partial charge >= 0.3 is 49.9 Å². The Kier molecular flexibility index (Phi) is 7.56. The molecular weight excluding hydrogens is 168 g/mol. The summed E-state index contributed by atoms with van der Waals surface area (Å²) in [5.74, 6) is -1.16. The van der Waals surface area contributed by atoms with Gasteiger partial charge in [0.05, 0.1) is 0 Å². The second kappa shape index (κ2) is 5.91. The van der Waals surface area contributed by atoms with Crippen LogP contribution in [0, 0.1) is 0 Å². The van der Waals surface area contributed by atoms with Crippen molar-refractivity contribution in [1.29, 1.82) is 0 Å². The summed E-state index contributed by atoms with van der Waals surface area (Å²) in [5.41, 5.74) is 0. The fourth-order valence-electron chi connectivity index (χ4n) is 0.171. The number of rotatable bonds is 1. The smallest absolute Gasteiger partial charge is 1.00 e. The van der Waals surface area contributed by atoms with Crippen LogP contribution in [0.15, 0.2) is 0 Å². The van der Waals surface area contributed by atoms with E-state index >= 15 is 0 Å². The van der Waals surface area contributed by atoms with Crippen LogP contribution in [0.3, 0.4) is 0 Å². The molecule has 0 radical (unpaired) electrons. The van der Waals surface area contributed by atoms with Gasteiger partial charge in [0.15, 0.2) is 0 Å². The molecule has 0 spiro atoms. The molecule has 5 nitrogen and oxygen atoms in total. The van der Waals surface area contributed by atoms with Crippen molar-refractivity contribution in [3.8, 4) is 0 Å². The van der Waals surface area contributed by atoms with Crippen LogP contribution >= 0.6 is 0 Å². The Morgan fingerprint density at radius 3 is 2.10 bits per heavy atom. The molecule has 2 N–H and O–H groups in total. The number of carbonyl (C=O) groups excluding carboxylic acids is 1. The maximum Gasteiger partial charge on any atom is 2.00 e. The second-order valence-electron chi connectivity index (χ2n) is 1.36. The van der Waals surface area contributed by atoms with Crippen LogP contribution in [-0.4, -0.2) is 66.2 Å². The van der Waals surface area contributed by atoms with E-state index < -0.39 is 18.2 Å². The molecule has 6 heteroatoms. The maximum atomic E-state index is 10.1. The number of hydrogen-bond donors (Lipinski definition) is 2. The summed E-state index contributed by atoms with van der Waals surface area (Å²) in [4.78, 5) is 19.7. The first-order valence-corrected chi connectivity index (χ1v) is 2.16. The van der Waals surface area contributed by atoms with Crippen molar-refractivity contribution in [3.05, 3.63) is 0 Å². The second-order valence-corrected chi connectivity index (χ2v) is 1.36. The average molecular weight is 176 g/mol. The molecule has 0 aliphatic carbocycles. The zero-order valence-electron chi connectivity index (χ0n) is 7.40. The van der Waals surface area contributed by atoms with Gasteiger partial charge in [-0.05, 0) is 6.92 Å². The molecule has 0 aromatic rings. The Morgan fingerprint density at radius 2 is 2.00 bits per heavy atom. The summed E-state index contributed by atoms with van der Waals surface area (Å²) >= 11 is 0. The van der Waals surface area contributed by atoms with Crippen LogP contribution in [-0.2, 0) is 9.53 Å². The van der Waals surface area contributed by atoms with Crippen molar-refractivity contribution in [2.45, 2.75) is 13.0 Å². The molecule has 0 aromatic heterocycles. The number of carbonyl (C=O) groups is 2. The molecule has 1 atom stereocenters. The third kappa shape index (κ3) is 6.28. The van der Waals surface area contributed by atoms with Crippen LogP contribution in [0.4, 0.5) is 4.79 Å². The van der Waals surface area contributed by atoms with E-state index in [1.54, 1.807) is 0 Å². The standard InChI is InChI=1S/C4H6O5.Ca.2H/c1-2(5)3(6)9-4(7)8;;;/h2,5H,1H3,(H,7,8);;;/q;+2;2*-1. The van der Waals surface area contributed by atoms with E-state index in [2.05, 4.69) is 4.74 Å². The van der Waals surface area contributed by atoms with Crippen LogP contribution in [0.2, 0.25) is 0 Å². The maximum absolute atomic E-state index is 10.1. The van der Waals surface area contributed by atoms with E-state index in [-0.39, 0.29) is 40.6 Å². The Morgan fingerprint density at radius 1 is 1.60 bits per heavy atom. The van der Waals surface area contributed by atoms with E-state index in [4.69, 9.17) is 10.2 Å². The van der Waals surface area contributed by atoms with Gasteiger partial charge in [-0.25, -0.2) is 9.59 Å². The molecule has 0 aliphatic rings. The quantitative estimate of drug-likeness (QED) is 0.317. The van der Waals surface area contributed by atoms with Crippen LogP contribution in [0.5, 0.6) is 0 Å². The van der Waals surface area contributed by atoms with Crippen LogP contribution < -0.4 is 0 Å². The molecule has 0 heterocycles. The molecule has 10 heavy (non-hydrogen) atoms. The minimum atomic E-state index is -1.71. The van der Waals surface area contributed by atoms with E-state index in [0.717, 1.165) is 6.92 Å². The van der Waals surface area contributed by atoms with Gasteiger partial charge in [-0.15, -0.1) is 0 Å². The van der Waals surface area contributed by atoms with Crippen LogP contribution in [0.25, 0.3) is 0 Å². The molecule has 0 rings (SSSR count). The zero-order chi connectivity index (χ0) is 7.44. The fraction of sp³-hybridized carbons (Fsp3) is 0.500. The summed E-state index contributed by atoms with van der Waals surface area (Å²) in [7, 11) is 0. The first-order chi connectivity index (χ1) is 4.04. The minimum absolute atomic E-state index is 0. The van der Waals surface area contributed by atoms with Crippen molar-refractivity contribution in [1.82, 2.24) is 0 Å². The molecule has 0 saturated carbocycles. The third-order valence-electron chi connectivity index (χ3n) is 0.529. The van der Waals surface area contributed by atoms with Gasteiger partial charge in [-0.2, -0.15) is 0 Å². The first kappa shape index (κ1) is 12.8. The van der Waals surface area contributed by atoms with Crippen molar-refractivity contribution in [3.63, 3.8) is 0 Å². The molecule has 1 unspecified atom stereocenters. The molecular formula is C4H8CaO5. The summed E-state index contributed by atoms with van der Waals surface area (Å²) in [6.07, 6.45) is -3.10. The zero-order valence-corrected chi connectivity index (χ0v) is 7.61. The number of aliphatic hydroxyl groups excluding tert-OH is 1. The number of ether oxygens (including phenoxy) is 1. The van der Waals surface area contributed by atoms with Gasteiger partial charge in [0.1, 0.15) is 6.10 Å². The number of aliphatic hydroxyl groups is 1. The van der Waals surface area contributed by atoms with Gasteiger partial charge in [-0.3, -0.25) is 0 Å². The average Bonchev–Trinajstić information content (AvgIpc) is 1.63. The third-order valence-corrected chi connectivity index (χ3v) is 0.529. The van der Waals surface area contributed by atoms with E-state index in [0.29, 0.717) is 0 Å². The largest absolute Gasteiger partial charge is 2.00 e. The van der Waals surface area contributed by atoms with E-state index in [9.17, 15) is 9.59 Å². The predicted molar refractivity (Wildman–Crippen MR) is 33.8 cm³/mol. The van der Waals surface area contributed by atoms with Gasteiger partial charge in [-0.1, -0.05) is 0 Å². The van der Waals surface area contributed by atoms with Gasteiger partial charge in [0.2, 0.25) is 0 Å². The number of carboxylic acid groups (broad SMARTS) is 1. The fourth-order valence-corrected chi connectivity index (χ4v) is 0.171. The molecule has 0 fully saturated rings. The number of esters is 1. The summed E-state index contributed by atoms with van der Waals surface area (Å²) in [6.45, 7) is 1.12. The molecule has 0 bridgehead atoms. The Labute approximate surface area is 89.9 Å². The minimum Gasteiger partial charge on any atom is -1.00 e. The van der Waals surface area contributed by atoms with Crippen molar-refractivity contribution < 1.29 is 27.4 Å². The molecule has 0 saturated heterocycles. The van der Waals surface area contributed by atoms with Crippen LogP contribution in [0.1, 0.15) is 9.78 Å². The normalized spacial score (nSPS) is 11.0. The SMILES string of the molecule is CC(O)C(=O)OC(=O)O.[Ca+2].[H-].[H-]. The Bertz CT molecular complexity index is 139. The topological polar surface area (TPSA) is 83.8 Å². The van der Waals surface area contributed by atoms with Crippen molar-refractivity contribution in [2.24, 2.45) is 0 Å². The van der Waals surface area contributed by atoms with Crippen molar-refractivity contribution in [2.75, 3.05) is 0 Å². The predicted octanol–water partition coefficient (Wildman–Crippen LogP) is -0.567. The summed E-state index contributed by atoms with van der Waals surface area (Å²) in [6, 6.07) is 0. The van der Waals surface area contributed by atoms with E-state index in [1.807, 2.05) is 0 Å².